The van der Waals surface area contributed by atoms with Gasteiger partial charge in [-0.15, -0.1) is 0 Å². The number of carbonyl (C=O) groups excluding carboxylic acids is 1. The molecule has 0 radical (unpaired) electrons. The van der Waals surface area contributed by atoms with E-state index in [2.05, 4.69) is 4.90 Å². The molecule has 138 valence electrons. The molecular formula is C17H25N3O4S. The Bertz CT molecular complexity index is 741. The van der Waals surface area contributed by atoms with Gasteiger partial charge in [0.25, 0.3) is 5.91 Å². The van der Waals surface area contributed by atoms with E-state index in [9.17, 15) is 13.2 Å². The molecule has 2 heterocycles. The maximum absolute atomic E-state index is 13.0. The van der Waals surface area contributed by atoms with Gasteiger partial charge in [-0.1, -0.05) is 0 Å². The van der Waals surface area contributed by atoms with Crippen LogP contribution in [0.4, 0.5) is 11.4 Å². The summed E-state index contributed by atoms with van der Waals surface area (Å²) in [4.78, 5) is 16.7. The summed E-state index contributed by atoms with van der Waals surface area (Å²) in [6.45, 7) is 5.85. The first-order chi connectivity index (χ1) is 11.7. The Morgan fingerprint density at radius 1 is 1.16 bits per heavy atom. The molecule has 25 heavy (non-hydrogen) atoms. The van der Waals surface area contributed by atoms with Crippen LogP contribution >= 0.6 is 0 Å². The first-order valence-electron chi connectivity index (χ1n) is 8.55. The molecular weight excluding hydrogens is 342 g/mol. The van der Waals surface area contributed by atoms with Gasteiger partial charge in [0.05, 0.1) is 35.0 Å². The quantitative estimate of drug-likeness (QED) is 0.776. The zero-order chi connectivity index (χ0) is 18.2. The number of nitrogen functional groups attached to an aromatic ring is 1. The van der Waals surface area contributed by atoms with Gasteiger partial charge in [0.2, 0.25) is 0 Å². The van der Waals surface area contributed by atoms with Gasteiger partial charge in [-0.05, 0) is 32.0 Å². The predicted octanol–water partition coefficient (Wildman–Crippen LogP) is 0.753. The third-order valence-corrected chi connectivity index (χ3v) is 6.25. The Balaban J connectivity index is 1.87. The highest BCUT2D eigenvalue weighted by Gasteiger charge is 2.30. The van der Waals surface area contributed by atoms with Crippen molar-refractivity contribution in [3.63, 3.8) is 0 Å². The molecule has 7 nitrogen and oxygen atoms in total. The maximum Gasteiger partial charge on any atom is 0.256 e. The van der Waals surface area contributed by atoms with Gasteiger partial charge in [-0.2, -0.15) is 0 Å². The second kappa shape index (κ2) is 6.84. The fraction of sp³-hybridized carbons (Fsp3) is 0.588. The standard InChI is InChI=1S/C17H25N3O4S/c1-12-10-20(11-13(2)24-12)16-9-14(18)3-4-15(16)17(21)19-5-7-25(22,23)8-6-19/h3-4,9,12-13H,5-8,10-11,18H2,1-2H3. The Kier molecular flexibility index (Phi) is 4.92. The smallest absolute Gasteiger partial charge is 0.256 e. The summed E-state index contributed by atoms with van der Waals surface area (Å²) < 4.78 is 29.0. The first kappa shape index (κ1) is 18.0. The predicted molar refractivity (Wildman–Crippen MR) is 97.6 cm³/mol. The monoisotopic (exact) mass is 367 g/mol. The number of ether oxygens (including phenoxy) is 1. The average molecular weight is 367 g/mol. The van der Waals surface area contributed by atoms with Crippen molar-refractivity contribution in [3.05, 3.63) is 23.8 Å². The highest BCUT2D eigenvalue weighted by atomic mass is 32.2. The van der Waals surface area contributed by atoms with Crippen LogP contribution in [0.15, 0.2) is 18.2 Å². The van der Waals surface area contributed by atoms with Crippen LogP contribution in [0, 0.1) is 0 Å². The molecule has 1 aromatic rings. The largest absolute Gasteiger partial charge is 0.399 e. The van der Waals surface area contributed by atoms with E-state index >= 15 is 0 Å². The average Bonchev–Trinajstić information content (AvgIpc) is 2.53. The number of morpholine rings is 1. The minimum Gasteiger partial charge on any atom is -0.399 e. The van der Waals surface area contributed by atoms with Gasteiger partial charge in [0.1, 0.15) is 0 Å². The number of amides is 1. The van der Waals surface area contributed by atoms with Crippen molar-refractivity contribution in [2.75, 3.05) is 48.3 Å². The molecule has 3 rings (SSSR count). The molecule has 8 heteroatoms. The van der Waals surface area contributed by atoms with Crippen molar-refractivity contribution in [1.29, 1.82) is 0 Å². The van der Waals surface area contributed by atoms with Crippen LogP contribution in [0.5, 0.6) is 0 Å². The van der Waals surface area contributed by atoms with Crippen LogP contribution in [0.2, 0.25) is 0 Å². The van der Waals surface area contributed by atoms with Crippen molar-refractivity contribution in [3.8, 4) is 0 Å². The number of benzene rings is 1. The molecule has 0 aliphatic carbocycles. The summed E-state index contributed by atoms with van der Waals surface area (Å²) in [6.07, 6.45) is 0.126. The van der Waals surface area contributed by atoms with E-state index in [4.69, 9.17) is 10.5 Å². The minimum atomic E-state index is -3.02. The number of hydrogen-bond donors (Lipinski definition) is 1. The SMILES string of the molecule is CC1CN(c2cc(N)ccc2C(=O)N2CCS(=O)(=O)CC2)CC(C)O1. The second-order valence-electron chi connectivity index (χ2n) is 6.88. The lowest BCUT2D eigenvalue weighted by atomic mass is 10.1. The van der Waals surface area contributed by atoms with E-state index in [-0.39, 0.29) is 42.7 Å². The molecule has 0 saturated carbocycles. The fourth-order valence-electron chi connectivity index (χ4n) is 3.45. The second-order valence-corrected chi connectivity index (χ2v) is 9.19. The molecule has 2 atom stereocenters. The van der Waals surface area contributed by atoms with Crippen LogP contribution in [0.3, 0.4) is 0 Å². The van der Waals surface area contributed by atoms with E-state index in [0.29, 0.717) is 24.3 Å². The highest BCUT2D eigenvalue weighted by molar-refractivity contribution is 7.91. The fourth-order valence-corrected chi connectivity index (χ4v) is 4.65. The molecule has 2 fully saturated rings. The van der Waals surface area contributed by atoms with Crippen molar-refractivity contribution in [1.82, 2.24) is 4.90 Å². The third-order valence-electron chi connectivity index (χ3n) is 4.64. The minimum absolute atomic E-state index is 0.0225. The molecule has 0 spiro atoms. The maximum atomic E-state index is 13.0. The molecule has 1 aromatic carbocycles. The lowest BCUT2D eigenvalue weighted by molar-refractivity contribution is -0.00529. The third kappa shape index (κ3) is 4.07. The number of nitrogens with zero attached hydrogens (tertiary/aromatic N) is 2. The van der Waals surface area contributed by atoms with E-state index < -0.39 is 9.84 Å². The number of sulfone groups is 1. The number of hydrogen-bond acceptors (Lipinski definition) is 6. The number of carbonyl (C=O) groups is 1. The summed E-state index contributed by atoms with van der Waals surface area (Å²) in [5.41, 5.74) is 7.91. The molecule has 2 N–H and O–H groups in total. The zero-order valence-corrected chi connectivity index (χ0v) is 15.5. The zero-order valence-electron chi connectivity index (χ0n) is 14.6. The number of anilines is 2. The van der Waals surface area contributed by atoms with Crippen LogP contribution in [-0.2, 0) is 14.6 Å². The Morgan fingerprint density at radius 2 is 1.76 bits per heavy atom. The van der Waals surface area contributed by atoms with Gasteiger partial charge >= 0.3 is 0 Å². The van der Waals surface area contributed by atoms with Gasteiger partial charge in [-0.3, -0.25) is 4.79 Å². The van der Waals surface area contributed by atoms with Gasteiger partial charge in [0, 0.05) is 31.9 Å². The Hall–Kier alpha value is -1.80. The Morgan fingerprint density at radius 3 is 2.36 bits per heavy atom. The van der Waals surface area contributed by atoms with Crippen molar-refractivity contribution >= 4 is 27.1 Å². The normalized spacial score (nSPS) is 26.5. The van der Waals surface area contributed by atoms with Crippen LogP contribution in [0.25, 0.3) is 0 Å². The lowest BCUT2D eigenvalue weighted by Crippen LogP contribution is -2.47. The van der Waals surface area contributed by atoms with E-state index in [0.717, 1.165) is 5.69 Å². The number of rotatable bonds is 2. The lowest BCUT2D eigenvalue weighted by Gasteiger charge is -2.38. The van der Waals surface area contributed by atoms with Gasteiger partial charge < -0.3 is 20.3 Å². The van der Waals surface area contributed by atoms with Gasteiger partial charge in [0.15, 0.2) is 9.84 Å². The summed E-state index contributed by atoms with van der Waals surface area (Å²) >= 11 is 0. The molecule has 2 saturated heterocycles. The summed E-state index contributed by atoms with van der Waals surface area (Å²) in [6, 6.07) is 5.27. The topological polar surface area (TPSA) is 92.9 Å². The first-order valence-corrected chi connectivity index (χ1v) is 10.4. The Labute approximate surface area is 148 Å². The van der Waals surface area contributed by atoms with Crippen LogP contribution in [-0.4, -0.2) is 69.1 Å². The molecule has 0 aromatic heterocycles. The highest BCUT2D eigenvalue weighted by Crippen LogP contribution is 2.28. The van der Waals surface area contributed by atoms with E-state index in [1.807, 2.05) is 19.9 Å². The van der Waals surface area contributed by atoms with E-state index in [1.165, 1.54) is 0 Å². The molecule has 2 aliphatic rings. The van der Waals surface area contributed by atoms with Crippen molar-refractivity contribution in [2.45, 2.75) is 26.1 Å². The summed E-state index contributed by atoms with van der Waals surface area (Å²) in [5.74, 6) is -0.0970. The molecule has 2 unspecified atom stereocenters. The molecule has 2 aliphatic heterocycles. The molecule has 1 amide bonds. The van der Waals surface area contributed by atoms with E-state index in [1.54, 1.807) is 17.0 Å². The van der Waals surface area contributed by atoms with Gasteiger partial charge in [-0.25, -0.2) is 8.42 Å². The summed E-state index contributed by atoms with van der Waals surface area (Å²) in [7, 11) is -3.02. The van der Waals surface area contributed by atoms with Crippen LogP contribution in [0.1, 0.15) is 24.2 Å². The van der Waals surface area contributed by atoms with Crippen molar-refractivity contribution < 1.29 is 17.9 Å². The van der Waals surface area contributed by atoms with Crippen LogP contribution < -0.4 is 10.6 Å². The number of nitrogens with two attached hydrogens (primary N) is 1. The van der Waals surface area contributed by atoms with Crippen molar-refractivity contribution in [2.24, 2.45) is 0 Å². The summed E-state index contributed by atoms with van der Waals surface area (Å²) in [5, 5.41) is 0. The molecule has 0 bridgehead atoms.